The lowest BCUT2D eigenvalue weighted by molar-refractivity contribution is 0.147. The zero-order valence-corrected chi connectivity index (χ0v) is 22.3. The normalized spacial score (nSPS) is 19.0. The summed E-state index contributed by atoms with van der Waals surface area (Å²) >= 11 is 0. The smallest absolute Gasteiger partial charge is 0.343 e. The summed E-state index contributed by atoms with van der Waals surface area (Å²) in [5.41, 5.74) is 12.1. The number of nitrogens with zero attached hydrogens (tertiary/aromatic N) is 5. The molecule has 2 unspecified atom stereocenters. The monoisotopic (exact) mass is 529 g/mol. The number of nitrogens with two attached hydrogens (primary N) is 1. The molecule has 2 aliphatic heterocycles. The summed E-state index contributed by atoms with van der Waals surface area (Å²) in [6, 6.07) is 12.0. The standard InChI is InChI=1S/C29H32FN7O2/c1-17-24-27(31)32-16-33-28(24)37(34-17)18(2)26-25(21-6-4-5-7-22(21)29(38)39-26)19-8-9-23(30)20(14-19)15-36-12-10-35(3)11-13-36/h4-9,14,16-18,34H,10-13,15H2,1-3H3,(H2,31,32,33). The Bertz CT molecular complexity index is 1600. The van der Waals surface area contributed by atoms with Gasteiger partial charge in [-0.3, -0.25) is 9.91 Å². The van der Waals surface area contributed by atoms with Crippen molar-refractivity contribution in [3.63, 3.8) is 0 Å². The summed E-state index contributed by atoms with van der Waals surface area (Å²) in [5.74, 6) is 1.26. The Labute approximate surface area is 226 Å². The Morgan fingerprint density at radius 3 is 2.64 bits per heavy atom. The molecule has 39 heavy (non-hydrogen) atoms. The number of nitrogens with one attached hydrogen (secondary N) is 1. The van der Waals surface area contributed by atoms with E-state index in [0.717, 1.165) is 48.3 Å². The third-order valence-electron chi connectivity index (χ3n) is 7.84. The van der Waals surface area contributed by atoms with Gasteiger partial charge in [-0.05, 0) is 44.7 Å². The molecule has 2 aliphatic rings. The van der Waals surface area contributed by atoms with Crippen LogP contribution in [0.2, 0.25) is 0 Å². The molecular weight excluding hydrogens is 497 g/mol. The van der Waals surface area contributed by atoms with Crippen molar-refractivity contribution >= 4 is 22.4 Å². The number of halogens is 1. The summed E-state index contributed by atoms with van der Waals surface area (Å²) in [6.45, 7) is 8.11. The minimum atomic E-state index is -0.443. The molecule has 0 amide bonds. The quantitative estimate of drug-likeness (QED) is 0.399. The fourth-order valence-corrected chi connectivity index (χ4v) is 5.66. The van der Waals surface area contributed by atoms with Crippen molar-refractivity contribution < 1.29 is 8.81 Å². The maximum Gasteiger partial charge on any atom is 0.343 e. The van der Waals surface area contributed by atoms with E-state index in [0.29, 0.717) is 34.9 Å². The van der Waals surface area contributed by atoms with Gasteiger partial charge in [0.15, 0.2) is 5.82 Å². The van der Waals surface area contributed by atoms with Crippen molar-refractivity contribution in [3.8, 4) is 11.1 Å². The highest BCUT2D eigenvalue weighted by atomic mass is 19.1. The molecule has 202 valence electrons. The predicted molar refractivity (Wildman–Crippen MR) is 150 cm³/mol. The van der Waals surface area contributed by atoms with E-state index in [1.165, 1.54) is 12.4 Å². The molecule has 4 heterocycles. The Balaban J connectivity index is 1.47. The lowest BCUT2D eigenvalue weighted by Gasteiger charge is -2.32. The molecule has 4 aromatic rings. The number of aromatic nitrogens is 2. The van der Waals surface area contributed by atoms with Crippen molar-refractivity contribution in [1.29, 1.82) is 0 Å². The Kier molecular flexibility index (Phi) is 6.54. The highest BCUT2D eigenvalue weighted by molar-refractivity contribution is 5.97. The van der Waals surface area contributed by atoms with Crippen LogP contribution in [0.15, 0.2) is 58.0 Å². The first-order valence-electron chi connectivity index (χ1n) is 13.2. The maximum absolute atomic E-state index is 15.1. The molecule has 9 nitrogen and oxygen atoms in total. The molecule has 1 fully saturated rings. The van der Waals surface area contributed by atoms with Crippen LogP contribution in [-0.2, 0) is 6.54 Å². The minimum absolute atomic E-state index is 0.125. The summed E-state index contributed by atoms with van der Waals surface area (Å²) < 4.78 is 21.1. The zero-order valence-electron chi connectivity index (χ0n) is 22.3. The molecule has 2 aromatic carbocycles. The number of hydrazine groups is 1. The molecule has 2 aromatic heterocycles. The average Bonchev–Trinajstić information content (AvgIpc) is 3.28. The van der Waals surface area contributed by atoms with E-state index in [4.69, 9.17) is 10.2 Å². The fraction of sp³-hybridized carbons (Fsp3) is 0.345. The van der Waals surface area contributed by atoms with Gasteiger partial charge >= 0.3 is 5.63 Å². The molecule has 0 radical (unpaired) electrons. The number of hydrogen-bond donors (Lipinski definition) is 2. The highest BCUT2D eigenvalue weighted by Crippen LogP contribution is 2.42. The van der Waals surface area contributed by atoms with Gasteiger partial charge in [-0.2, -0.15) is 0 Å². The van der Waals surface area contributed by atoms with E-state index in [9.17, 15) is 4.79 Å². The van der Waals surface area contributed by atoms with Crippen molar-refractivity contribution in [2.45, 2.75) is 32.5 Å². The van der Waals surface area contributed by atoms with E-state index in [1.54, 1.807) is 12.1 Å². The summed E-state index contributed by atoms with van der Waals surface area (Å²) in [7, 11) is 2.10. The van der Waals surface area contributed by atoms with Crippen LogP contribution >= 0.6 is 0 Å². The zero-order chi connectivity index (χ0) is 27.3. The van der Waals surface area contributed by atoms with Crippen LogP contribution in [0.5, 0.6) is 0 Å². The maximum atomic E-state index is 15.1. The number of anilines is 2. The van der Waals surface area contributed by atoms with Crippen LogP contribution in [0.25, 0.3) is 21.9 Å². The molecule has 10 heteroatoms. The fourth-order valence-electron chi connectivity index (χ4n) is 5.66. The summed E-state index contributed by atoms with van der Waals surface area (Å²) in [4.78, 5) is 26.3. The van der Waals surface area contributed by atoms with Crippen LogP contribution in [0.1, 0.15) is 42.8 Å². The first-order valence-corrected chi connectivity index (χ1v) is 13.2. The van der Waals surface area contributed by atoms with Crippen LogP contribution in [0.4, 0.5) is 16.0 Å². The van der Waals surface area contributed by atoms with Gasteiger partial charge in [0.1, 0.15) is 29.8 Å². The van der Waals surface area contributed by atoms with E-state index < -0.39 is 11.7 Å². The van der Waals surface area contributed by atoms with Gasteiger partial charge in [0.2, 0.25) is 0 Å². The average molecular weight is 530 g/mol. The van der Waals surface area contributed by atoms with E-state index >= 15 is 4.39 Å². The second kappa shape index (κ2) is 10.0. The molecule has 6 rings (SSSR count). The second-order valence-electron chi connectivity index (χ2n) is 10.5. The third kappa shape index (κ3) is 4.54. The third-order valence-corrected chi connectivity index (χ3v) is 7.84. The first kappa shape index (κ1) is 25.4. The van der Waals surface area contributed by atoms with Gasteiger partial charge in [-0.1, -0.05) is 24.3 Å². The Morgan fingerprint density at radius 1 is 1.13 bits per heavy atom. The van der Waals surface area contributed by atoms with Gasteiger partial charge in [0.05, 0.1) is 17.0 Å². The lowest BCUT2D eigenvalue weighted by Crippen LogP contribution is -2.44. The Hall–Kier alpha value is -3.86. The van der Waals surface area contributed by atoms with Crippen LogP contribution in [0.3, 0.4) is 0 Å². The molecule has 2 atom stereocenters. The molecule has 0 saturated carbocycles. The molecule has 0 bridgehead atoms. The SMILES string of the molecule is CC1NN(C(C)c2oc(=O)c3ccccc3c2-c2ccc(F)c(CN3CCN(C)CC3)c2)c2ncnc(N)c21. The van der Waals surface area contributed by atoms with E-state index in [1.807, 2.05) is 43.1 Å². The molecule has 1 saturated heterocycles. The molecule has 0 aliphatic carbocycles. The number of benzene rings is 2. The largest absolute Gasteiger partial charge is 0.424 e. The van der Waals surface area contributed by atoms with Gasteiger partial charge in [0, 0.05) is 49.2 Å². The lowest BCUT2D eigenvalue weighted by atomic mass is 9.94. The summed E-state index contributed by atoms with van der Waals surface area (Å²) in [6.07, 6.45) is 1.43. The van der Waals surface area contributed by atoms with Crippen molar-refractivity contribution in [2.24, 2.45) is 0 Å². The van der Waals surface area contributed by atoms with Crippen molar-refractivity contribution in [3.05, 3.63) is 81.9 Å². The van der Waals surface area contributed by atoms with Crippen LogP contribution in [0, 0.1) is 5.82 Å². The predicted octanol–water partition coefficient (Wildman–Crippen LogP) is 3.87. The van der Waals surface area contributed by atoms with Crippen LogP contribution in [-0.4, -0.2) is 53.0 Å². The highest BCUT2D eigenvalue weighted by Gasteiger charge is 2.35. The van der Waals surface area contributed by atoms with Crippen molar-refractivity contribution in [2.75, 3.05) is 44.0 Å². The number of likely N-dealkylation sites (N-methyl/N-ethyl adjacent to an activating group) is 1. The minimum Gasteiger partial charge on any atom is -0.424 e. The molecule has 3 N–H and O–H groups in total. The number of hydrogen-bond acceptors (Lipinski definition) is 9. The first-order chi connectivity index (χ1) is 18.8. The van der Waals surface area contributed by atoms with Gasteiger partial charge in [-0.15, -0.1) is 0 Å². The van der Waals surface area contributed by atoms with Gasteiger partial charge in [0.25, 0.3) is 0 Å². The van der Waals surface area contributed by atoms with Crippen LogP contribution < -0.4 is 21.8 Å². The van der Waals surface area contributed by atoms with E-state index in [-0.39, 0.29) is 11.9 Å². The number of piperazine rings is 1. The molecular formula is C29H32FN7O2. The number of fused-ring (bicyclic) bond motifs is 2. The second-order valence-corrected chi connectivity index (χ2v) is 10.5. The Morgan fingerprint density at radius 2 is 1.87 bits per heavy atom. The number of nitrogen functional groups attached to an aromatic ring is 1. The topological polar surface area (TPSA) is 104 Å². The van der Waals surface area contributed by atoms with E-state index in [2.05, 4.69) is 32.2 Å². The summed E-state index contributed by atoms with van der Waals surface area (Å²) in [5, 5.41) is 3.09. The van der Waals surface area contributed by atoms with Crippen molar-refractivity contribution in [1.82, 2.24) is 25.2 Å². The number of rotatable bonds is 5. The van der Waals surface area contributed by atoms with Gasteiger partial charge in [-0.25, -0.2) is 24.6 Å². The van der Waals surface area contributed by atoms with Gasteiger partial charge < -0.3 is 15.1 Å². The molecule has 0 spiro atoms.